The smallest absolute Gasteiger partial charge is 0.191 e. The van der Waals surface area contributed by atoms with Crippen LogP contribution in [0, 0.1) is 0 Å². The summed E-state index contributed by atoms with van der Waals surface area (Å²) in [6, 6.07) is 12.8. The SMILES string of the molecule is COc1ccc(Cl)cc1CSc1nnc(COc2ccc(Cl)cc2)n1C. The van der Waals surface area contributed by atoms with Crippen molar-refractivity contribution in [2.24, 2.45) is 7.05 Å². The van der Waals surface area contributed by atoms with Gasteiger partial charge in [0, 0.05) is 28.4 Å². The molecule has 0 spiro atoms. The second kappa shape index (κ2) is 8.66. The maximum Gasteiger partial charge on any atom is 0.191 e. The van der Waals surface area contributed by atoms with Crippen LogP contribution in [0.4, 0.5) is 0 Å². The standard InChI is InChI=1S/C18H17Cl2N3O2S/c1-23-17(10-25-15-6-3-13(19)4-7-15)21-22-18(23)26-11-12-9-14(20)5-8-16(12)24-2/h3-9H,10-11H2,1-2H3. The zero-order valence-corrected chi connectivity index (χ0v) is 16.6. The summed E-state index contributed by atoms with van der Waals surface area (Å²) in [5, 5.41) is 10.6. The van der Waals surface area contributed by atoms with E-state index >= 15 is 0 Å². The van der Waals surface area contributed by atoms with Crippen molar-refractivity contribution in [1.82, 2.24) is 14.8 Å². The van der Waals surface area contributed by atoms with Gasteiger partial charge in [0.1, 0.15) is 18.1 Å². The molecule has 5 nitrogen and oxygen atoms in total. The van der Waals surface area contributed by atoms with Crippen LogP contribution in [0.25, 0.3) is 0 Å². The Kier molecular flexibility index (Phi) is 6.29. The Hall–Kier alpha value is -1.89. The van der Waals surface area contributed by atoms with E-state index in [-0.39, 0.29) is 0 Å². The van der Waals surface area contributed by atoms with Gasteiger partial charge in [0.05, 0.1) is 7.11 Å². The Morgan fingerprint density at radius 2 is 1.77 bits per heavy atom. The zero-order valence-electron chi connectivity index (χ0n) is 14.3. The van der Waals surface area contributed by atoms with Gasteiger partial charge in [-0.1, -0.05) is 35.0 Å². The molecule has 1 aromatic heterocycles. The molecule has 2 aromatic carbocycles. The van der Waals surface area contributed by atoms with E-state index < -0.39 is 0 Å². The predicted molar refractivity (Wildman–Crippen MR) is 104 cm³/mol. The number of methoxy groups -OCH3 is 1. The average molecular weight is 410 g/mol. The number of halogens is 2. The zero-order chi connectivity index (χ0) is 18.5. The van der Waals surface area contributed by atoms with Crippen molar-refractivity contribution < 1.29 is 9.47 Å². The number of thioether (sulfide) groups is 1. The highest BCUT2D eigenvalue weighted by Gasteiger charge is 2.12. The largest absolute Gasteiger partial charge is 0.496 e. The van der Waals surface area contributed by atoms with E-state index in [9.17, 15) is 0 Å². The first kappa shape index (κ1) is 18.9. The minimum Gasteiger partial charge on any atom is -0.496 e. The molecule has 3 aromatic rings. The third kappa shape index (κ3) is 4.63. The van der Waals surface area contributed by atoms with E-state index in [0.717, 1.165) is 28.0 Å². The van der Waals surface area contributed by atoms with E-state index in [1.54, 1.807) is 31.0 Å². The molecule has 0 amide bonds. The lowest BCUT2D eigenvalue weighted by Crippen LogP contribution is -2.04. The van der Waals surface area contributed by atoms with Crippen LogP contribution in [0.2, 0.25) is 10.0 Å². The van der Waals surface area contributed by atoms with Crippen LogP contribution in [0.5, 0.6) is 11.5 Å². The molecule has 0 atom stereocenters. The topological polar surface area (TPSA) is 49.2 Å². The fourth-order valence-electron chi connectivity index (χ4n) is 2.28. The number of ether oxygens (including phenoxy) is 2. The lowest BCUT2D eigenvalue weighted by molar-refractivity contribution is 0.290. The summed E-state index contributed by atoms with van der Waals surface area (Å²) < 4.78 is 13.0. The number of hydrogen-bond acceptors (Lipinski definition) is 5. The van der Waals surface area contributed by atoms with Crippen LogP contribution in [-0.4, -0.2) is 21.9 Å². The van der Waals surface area contributed by atoms with Crippen LogP contribution in [0.15, 0.2) is 47.6 Å². The Labute approximate surface area is 166 Å². The third-order valence-corrected chi connectivity index (χ3v) is 5.26. The molecule has 136 valence electrons. The van der Waals surface area contributed by atoms with Gasteiger partial charge in [0.2, 0.25) is 0 Å². The lowest BCUT2D eigenvalue weighted by Gasteiger charge is -2.09. The minimum atomic E-state index is 0.326. The molecular formula is C18H17Cl2N3O2S. The quantitative estimate of drug-likeness (QED) is 0.513. The summed E-state index contributed by atoms with van der Waals surface area (Å²) in [5.74, 6) is 2.94. The van der Waals surface area contributed by atoms with Gasteiger partial charge in [0.25, 0.3) is 0 Å². The van der Waals surface area contributed by atoms with E-state index in [2.05, 4.69) is 10.2 Å². The van der Waals surface area contributed by atoms with Crippen molar-refractivity contribution in [2.45, 2.75) is 17.5 Å². The van der Waals surface area contributed by atoms with Gasteiger partial charge in [-0.3, -0.25) is 0 Å². The highest BCUT2D eigenvalue weighted by Crippen LogP contribution is 2.29. The maximum absolute atomic E-state index is 6.08. The van der Waals surface area contributed by atoms with Gasteiger partial charge in [-0.05, 0) is 42.5 Å². The Bertz CT molecular complexity index is 885. The number of nitrogens with zero attached hydrogens (tertiary/aromatic N) is 3. The van der Waals surface area contributed by atoms with Gasteiger partial charge in [0.15, 0.2) is 11.0 Å². The molecule has 8 heteroatoms. The molecule has 0 radical (unpaired) electrons. The predicted octanol–water partition coefficient (Wildman–Crippen LogP) is 5.00. The maximum atomic E-state index is 6.08. The molecule has 0 aliphatic carbocycles. The van der Waals surface area contributed by atoms with Crippen LogP contribution in [-0.2, 0) is 19.4 Å². The molecule has 0 bridgehead atoms. The van der Waals surface area contributed by atoms with Gasteiger partial charge >= 0.3 is 0 Å². The molecule has 1 heterocycles. The normalized spacial score (nSPS) is 10.8. The fraction of sp³-hybridized carbons (Fsp3) is 0.222. The number of aromatic nitrogens is 3. The summed E-state index contributed by atoms with van der Waals surface area (Å²) in [5.41, 5.74) is 1.01. The van der Waals surface area contributed by atoms with Gasteiger partial charge in [-0.25, -0.2) is 0 Å². The number of benzene rings is 2. The van der Waals surface area contributed by atoms with E-state index in [1.165, 1.54) is 0 Å². The van der Waals surface area contributed by atoms with Crippen molar-refractivity contribution >= 4 is 35.0 Å². The molecule has 3 rings (SSSR count). The van der Waals surface area contributed by atoms with Crippen LogP contribution < -0.4 is 9.47 Å². The summed E-state index contributed by atoms with van der Waals surface area (Å²) in [6.07, 6.45) is 0. The third-order valence-electron chi connectivity index (χ3n) is 3.71. The van der Waals surface area contributed by atoms with Crippen molar-refractivity contribution in [3.63, 3.8) is 0 Å². The van der Waals surface area contributed by atoms with Gasteiger partial charge in [-0.15, -0.1) is 10.2 Å². The van der Waals surface area contributed by atoms with E-state index in [0.29, 0.717) is 22.4 Å². The molecule has 0 aliphatic rings. The van der Waals surface area contributed by atoms with Crippen LogP contribution in [0.1, 0.15) is 11.4 Å². The Morgan fingerprint density at radius 3 is 2.50 bits per heavy atom. The first-order valence-electron chi connectivity index (χ1n) is 7.78. The molecule has 0 fully saturated rings. The lowest BCUT2D eigenvalue weighted by atomic mass is 10.2. The molecule has 0 saturated heterocycles. The average Bonchev–Trinajstić information content (AvgIpc) is 2.99. The first-order valence-corrected chi connectivity index (χ1v) is 9.53. The monoisotopic (exact) mass is 409 g/mol. The Morgan fingerprint density at radius 1 is 1.04 bits per heavy atom. The summed E-state index contributed by atoms with van der Waals surface area (Å²) in [6.45, 7) is 0.326. The minimum absolute atomic E-state index is 0.326. The number of rotatable bonds is 7. The number of hydrogen-bond donors (Lipinski definition) is 0. The molecule has 0 unspecified atom stereocenters. The second-order valence-electron chi connectivity index (χ2n) is 5.45. The summed E-state index contributed by atoms with van der Waals surface area (Å²) in [7, 11) is 3.56. The van der Waals surface area contributed by atoms with E-state index in [4.69, 9.17) is 32.7 Å². The molecule has 0 aliphatic heterocycles. The second-order valence-corrected chi connectivity index (χ2v) is 7.26. The molecule has 0 saturated carbocycles. The molecule has 26 heavy (non-hydrogen) atoms. The first-order chi connectivity index (χ1) is 12.6. The van der Waals surface area contributed by atoms with Crippen LogP contribution >= 0.6 is 35.0 Å². The van der Waals surface area contributed by atoms with E-state index in [1.807, 2.05) is 41.9 Å². The Balaban J connectivity index is 1.63. The molecule has 0 N–H and O–H groups in total. The van der Waals surface area contributed by atoms with Crippen molar-refractivity contribution in [2.75, 3.05) is 7.11 Å². The molecular weight excluding hydrogens is 393 g/mol. The van der Waals surface area contributed by atoms with Crippen molar-refractivity contribution in [3.8, 4) is 11.5 Å². The van der Waals surface area contributed by atoms with Crippen molar-refractivity contribution in [1.29, 1.82) is 0 Å². The van der Waals surface area contributed by atoms with Gasteiger partial charge < -0.3 is 14.0 Å². The summed E-state index contributed by atoms with van der Waals surface area (Å²) >= 11 is 13.5. The highest BCUT2D eigenvalue weighted by molar-refractivity contribution is 7.98. The highest BCUT2D eigenvalue weighted by atomic mass is 35.5. The van der Waals surface area contributed by atoms with Crippen LogP contribution in [0.3, 0.4) is 0 Å². The van der Waals surface area contributed by atoms with Gasteiger partial charge in [-0.2, -0.15) is 0 Å². The summed E-state index contributed by atoms with van der Waals surface area (Å²) in [4.78, 5) is 0. The van der Waals surface area contributed by atoms with Crippen molar-refractivity contribution in [3.05, 3.63) is 63.9 Å². The fourth-order valence-corrected chi connectivity index (χ4v) is 3.51.